The summed E-state index contributed by atoms with van der Waals surface area (Å²) < 4.78 is 0. The van der Waals surface area contributed by atoms with E-state index < -0.39 is 6.04 Å². The number of pyridine rings is 1. The first-order valence-electron chi connectivity index (χ1n) is 11.4. The summed E-state index contributed by atoms with van der Waals surface area (Å²) in [5.41, 5.74) is 4.10. The molecule has 1 aliphatic heterocycles. The van der Waals surface area contributed by atoms with Gasteiger partial charge in [0.1, 0.15) is 11.9 Å². The van der Waals surface area contributed by atoms with Crippen LogP contribution in [0.15, 0.2) is 55.0 Å². The second-order valence-corrected chi connectivity index (χ2v) is 8.36. The second-order valence-electron chi connectivity index (χ2n) is 8.36. The van der Waals surface area contributed by atoms with Gasteiger partial charge in [-0.05, 0) is 37.5 Å². The molecule has 0 unspecified atom stereocenters. The fraction of sp³-hybridized carbons (Fsp3) is 0.346. The third kappa shape index (κ3) is 4.77. The summed E-state index contributed by atoms with van der Waals surface area (Å²) in [7, 11) is 0. The highest BCUT2D eigenvalue weighted by Gasteiger charge is 2.38. The lowest BCUT2D eigenvalue weighted by molar-refractivity contribution is -0.140. The monoisotopic (exact) mass is 443 g/mol. The van der Waals surface area contributed by atoms with Crippen LogP contribution in [0, 0.1) is 13.8 Å². The highest BCUT2D eigenvalue weighted by molar-refractivity contribution is 5.99. The zero-order valence-corrected chi connectivity index (χ0v) is 19.4. The maximum absolute atomic E-state index is 13.6. The zero-order valence-electron chi connectivity index (χ0n) is 19.4. The minimum atomic E-state index is -0.587. The molecule has 0 bridgehead atoms. The van der Waals surface area contributed by atoms with Gasteiger partial charge in [0, 0.05) is 50.2 Å². The highest BCUT2D eigenvalue weighted by atomic mass is 16.2. The lowest BCUT2D eigenvalue weighted by atomic mass is 9.93. The van der Waals surface area contributed by atoms with Crippen LogP contribution >= 0.6 is 0 Å². The van der Waals surface area contributed by atoms with Crippen LogP contribution in [-0.2, 0) is 11.2 Å². The summed E-state index contributed by atoms with van der Waals surface area (Å²) in [4.78, 5) is 43.5. The minimum Gasteiger partial charge on any atom is -0.339 e. The van der Waals surface area contributed by atoms with Crippen molar-refractivity contribution in [2.45, 2.75) is 39.7 Å². The quantitative estimate of drug-likeness (QED) is 0.583. The van der Waals surface area contributed by atoms with Crippen LogP contribution in [0.1, 0.15) is 40.8 Å². The minimum absolute atomic E-state index is 0.0110. The Bertz CT molecular complexity index is 1150. The van der Waals surface area contributed by atoms with E-state index in [-0.39, 0.29) is 11.8 Å². The van der Waals surface area contributed by atoms with Crippen molar-refractivity contribution in [2.75, 3.05) is 19.6 Å². The van der Waals surface area contributed by atoms with E-state index in [2.05, 4.69) is 21.9 Å². The largest absolute Gasteiger partial charge is 0.339 e. The van der Waals surface area contributed by atoms with Crippen molar-refractivity contribution in [3.05, 3.63) is 77.6 Å². The van der Waals surface area contributed by atoms with Crippen LogP contribution < -0.4 is 0 Å². The lowest BCUT2D eigenvalue weighted by Gasteiger charge is -2.41. The van der Waals surface area contributed by atoms with E-state index in [9.17, 15) is 9.59 Å². The van der Waals surface area contributed by atoms with Crippen molar-refractivity contribution in [3.8, 4) is 11.1 Å². The van der Waals surface area contributed by atoms with Gasteiger partial charge in [-0.2, -0.15) is 0 Å². The number of rotatable bonds is 6. The van der Waals surface area contributed by atoms with E-state index in [1.54, 1.807) is 24.2 Å². The first-order valence-corrected chi connectivity index (χ1v) is 11.4. The fourth-order valence-electron chi connectivity index (χ4n) is 4.43. The van der Waals surface area contributed by atoms with Gasteiger partial charge in [0.2, 0.25) is 5.91 Å². The maximum atomic E-state index is 13.6. The Labute approximate surface area is 194 Å². The summed E-state index contributed by atoms with van der Waals surface area (Å²) in [6, 6.07) is 11.3. The number of piperazine rings is 1. The topological polar surface area (TPSA) is 79.3 Å². The first-order chi connectivity index (χ1) is 16.0. The molecule has 0 saturated carbocycles. The Balaban J connectivity index is 1.70. The summed E-state index contributed by atoms with van der Waals surface area (Å²) in [5, 5.41) is 0. The molecule has 33 heavy (non-hydrogen) atoms. The van der Waals surface area contributed by atoms with Crippen molar-refractivity contribution < 1.29 is 9.59 Å². The maximum Gasteiger partial charge on any atom is 0.258 e. The fourth-order valence-corrected chi connectivity index (χ4v) is 4.43. The molecule has 0 aliphatic carbocycles. The summed E-state index contributed by atoms with van der Waals surface area (Å²) in [6.45, 7) is 7.37. The molecule has 0 spiro atoms. The Kier molecular flexibility index (Phi) is 6.77. The molecule has 1 aliphatic rings. The Morgan fingerprint density at radius 2 is 1.91 bits per heavy atom. The lowest BCUT2D eigenvalue weighted by Crippen LogP contribution is -2.59. The molecule has 4 rings (SSSR count). The number of aryl methyl sites for hydroxylation is 2. The van der Waals surface area contributed by atoms with Gasteiger partial charge in [-0.3, -0.25) is 14.6 Å². The van der Waals surface area contributed by atoms with Crippen molar-refractivity contribution in [1.29, 1.82) is 0 Å². The van der Waals surface area contributed by atoms with Crippen LogP contribution in [0.5, 0.6) is 0 Å². The van der Waals surface area contributed by atoms with Crippen molar-refractivity contribution in [2.24, 2.45) is 0 Å². The van der Waals surface area contributed by atoms with Crippen molar-refractivity contribution in [1.82, 2.24) is 24.8 Å². The van der Waals surface area contributed by atoms with Crippen LogP contribution in [0.25, 0.3) is 11.1 Å². The highest BCUT2D eigenvalue weighted by Crippen LogP contribution is 2.27. The molecule has 3 heterocycles. The van der Waals surface area contributed by atoms with Crippen LogP contribution in [0.4, 0.5) is 0 Å². The van der Waals surface area contributed by atoms with Gasteiger partial charge in [0.15, 0.2) is 0 Å². The zero-order chi connectivity index (χ0) is 23.4. The second kappa shape index (κ2) is 9.90. The Hall–Kier alpha value is -3.61. The van der Waals surface area contributed by atoms with Crippen LogP contribution in [-0.4, -0.2) is 62.2 Å². The van der Waals surface area contributed by atoms with E-state index >= 15 is 0 Å². The molecular weight excluding hydrogens is 414 g/mol. The number of hydrogen-bond donors (Lipinski definition) is 0. The molecule has 1 saturated heterocycles. The summed E-state index contributed by atoms with van der Waals surface area (Å²) in [6.07, 6.45) is 6.45. The molecule has 0 radical (unpaired) electrons. The molecular formula is C26H29N5O2. The van der Waals surface area contributed by atoms with E-state index in [1.807, 2.05) is 54.4 Å². The average molecular weight is 444 g/mol. The van der Waals surface area contributed by atoms with Gasteiger partial charge in [0.05, 0.1) is 11.3 Å². The molecule has 7 nitrogen and oxygen atoms in total. The number of aromatic nitrogens is 3. The normalized spacial score (nSPS) is 16.2. The van der Waals surface area contributed by atoms with Crippen LogP contribution in [0.3, 0.4) is 0 Å². The van der Waals surface area contributed by atoms with Gasteiger partial charge in [0.25, 0.3) is 5.91 Å². The van der Waals surface area contributed by atoms with E-state index in [0.717, 1.165) is 23.1 Å². The number of amides is 2. The molecule has 2 amide bonds. The number of hydrogen-bond acceptors (Lipinski definition) is 5. The van der Waals surface area contributed by atoms with Gasteiger partial charge in [-0.25, -0.2) is 9.97 Å². The molecule has 1 fully saturated rings. The first kappa shape index (κ1) is 22.6. The molecule has 1 aromatic carbocycles. The summed E-state index contributed by atoms with van der Waals surface area (Å²) in [5.74, 6) is 0.416. The average Bonchev–Trinajstić information content (AvgIpc) is 2.82. The molecule has 1 atom stereocenters. The number of benzene rings is 1. The smallest absolute Gasteiger partial charge is 0.258 e. The molecule has 2 aromatic heterocycles. The summed E-state index contributed by atoms with van der Waals surface area (Å²) >= 11 is 0. The molecule has 0 N–H and O–H groups in total. The van der Waals surface area contributed by atoms with Gasteiger partial charge in [-0.15, -0.1) is 0 Å². The van der Waals surface area contributed by atoms with Crippen LogP contribution in [0.2, 0.25) is 0 Å². The molecule has 170 valence electrons. The van der Waals surface area contributed by atoms with Crippen molar-refractivity contribution in [3.63, 3.8) is 0 Å². The third-order valence-electron chi connectivity index (χ3n) is 6.07. The van der Waals surface area contributed by atoms with E-state index in [0.29, 0.717) is 43.1 Å². The predicted molar refractivity (Wildman–Crippen MR) is 127 cm³/mol. The Morgan fingerprint density at radius 3 is 2.64 bits per heavy atom. The number of carbonyl (C=O) groups is 2. The van der Waals surface area contributed by atoms with Gasteiger partial charge < -0.3 is 9.80 Å². The standard InChI is InChI=1S/C26H29N5O2/c1-4-12-30-13-14-31(25(32)23-17-28-19(3)29-18(23)2)24(26(30)33)15-20-8-5-6-10-22(20)21-9-7-11-27-16-21/h5-11,16-17,24H,4,12-15H2,1-3H3/t24-/m0/s1. The van der Waals surface area contributed by atoms with E-state index in [1.165, 1.54) is 0 Å². The van der Waals surface area contributed by atoms with Gasteiger partial charge in [-0.1, -0.05) is 37.3 Å². The predicted octanol–water partition coefficient (Wildman–Crippen LogP) is 3.46. The van der Waals surface area contributed by atoms with E-state index in [4.69, 9.17) is 0 Å². The SMILES string of the molecule is CCCN1CCN(C(=O)c2cnc(C)nc2C)[C@@H](Cc2ccccc2-c2cccnc2)C1=O. The third-order valence-corrected chi connectivity index (χ3v) is 6.07. The number of carbonyl (C=O) groups excluding carboxylic acids is 2. The number of nitrogens with zero attached hydrogens (tertiary/aromatic N) is 5. The molecule has 7 heteroatoms. The molecule has 3 aromatic rings. The van der Waals surface area contributed by atoms with Gasteiger partial charge >= 0.3 is 0 Å². The Morgan fingerprint density at radius 1 is 1.09 bits per heavy atom. The van der Waals surface area contributed by atoms with Crippen molar-refractivity contribution >= 4 is 11.8 Å².